The summed E-state index contributed by atoms with van der Waals surface area (Å²) in [6, 6.07) is 7.85. The highest BCUT2D eigenvalue weighted by molar-refractivity contribution is 9.10. The number of hydrogen-bond acceptors (Lipinski definition) is 3. The molecule has 1 aromatic rings. The number of aliphatic hydroxyl groups is 1. The van der Waals surface area contributed by atoms with E-state index in [1.165, 1.54) is 0 Å². The van der Waals surface area contributed by atoms with E-state index in [-0.39, 0.29) is 12.5 Å². The lowest BCUT2D eigenvalue weighted by Gasteiger charge is -2.13. The lowest BCUT2D eigenvalue weighted by molar-refractivity contribution is 0.262. The van der Waals surface area contributed by atoms with Gasteiger partial charge in [0.15, 0.2) is 0 Å². The van der Waals surface area contributed by atoms with Crippen LogP contribution in [0.2, 0.25) is 0 Å². The first-order valence-corrected chi connectivity index (χ1v) is 4.87. The van der Waals surface area contributed by atoms with Gasteiger partial charge in [-0.05, 0) is 17.7 Å². The number of aliphatic hydroxyl groups excluding tert-OH is 1. The standard InChI is InChI=1S/C9H13BrN2O/c10-9-3-1-7(2-4-9)8(6-13)5-12-11/h1-4,8,12-13H,5-6,11H2. The van der Waals surface area contributed by atoms with E-state index in [9.17, 15) is 0 Å². The van der Waals surface area contributed by atoms with Crippen molar-refractivity contribution in [2.75, 3.05) is 13.2 Å². The van der Waals surface area contributed by atoms with Crippen molar-refractivity contribution in [3.63, 3.8) is 0 Å². The fraction of sp³-hybridized carbons (Fsp3) is 0.333. The maximum Gasteiger partial charge on any atom is 0.0512 e. The molecule has 1 unspecified atom stereocenters. The highest BCUT2D eigenvalue weighted by atomic mass is 79.9. The van der Waals surface area contributed by atoms with Gasteiger partial charge in [0, 0.05) is 16.9 Å². The van der Waals surface area contributed by atoms with Crippen LogP contribution >= 0.6 is 15.9 Å². The molecule has 1 atom stereocenters. The molecule has 0 amide bonds. The van der Waals surface area contributed by atoms with Crippen LogP contribution in [0.1, 0.15) is 11.5 Å². The smallest absolute Gasteiger partial charge is 0.0512 e. The zero-order valence-electron chi connectivity index (χ0n) is 7.20. The van der Waals surface area contributed by atoms with Crippen LogP contribution in [-0.4, -0.2) is 18.3 Å². The lowest BCUT2D eigenvalue weighted by atomic mass is 10.0. The summed E-state index contributed by atoms with van der Waals surface area (Å²) in [5.41, 5.74) is 3.65. The van der Waals surface area contributed by atoms with Crippen molar-refractivity contribution in [1.29, 1.82) is 0 Å². The normalized spacial score (nSPS) is 12.8. The number of hydrazine groups is 1. The van der Waals surface area contributed by atoms with Gasteiger partial charge in [0.2, 0.25) is 0 Å². The minimum absolute atomic E-state index is 0.0677. The fourth-order valence-electron chi connectivity index (χ4n) is 1.17. The molecule has 4 N–H and O–H groups in total. The molecule has 0 bridgehead atoms. The molecule has 0 aliphatic carbocycles. The third-order valence-corrected chi connectivity index (χ3v) is 2.45. The maximum absolute atomic E-state index is 9.07. The van der Waals surface area contributed by atoms with E-state index >= 15 is 0 Å². The SMILES string of the molecule is NNCC(CO)c1ccc(Br)cc1. The predicted octanol–water partition coefficient (Wildman–Crippen LogP) is 0.988. The first kappa shape index (κ1) is 10.7. The number of hydrogen-bond donors (Lipinski definition) is 3. The predicted molar refractivity (Wildman–Crippen MR) is 56.2 cm³/mol. The summed E-state index contributed by atoms with van der Waals surface area (Å²) in [7, 11) is 0. The first-order valence-electron chi connectivity index (χ1n) is 4.07. The third kappa shape index (κ3) is 3.08. The van der Waals surface area contributed by atoms with E-state index in [0.29, 0.717) is 6.54 Å². The van der Waals surface area contributed by atoms with Gasteiger partial charge in [0.25, 0.3) is 0 Å². The number of halogens is 1. The number of rotatable bonds is 4. The molecule has 0 fully saturated rings. The van der Waals surface area contributed by atoms with E-state index in [1.54, 1.807) is 0 Å². The molecule has 0 radical (unpaired) electrons. The average Bonchev–Trinajstić information content (AvgIpc) is 2.16. The molecular weight excluding hydrogens is 232 g/mol. The van der Waals surface area contributed by atoms with E-state index in [1.807, 2.05) is 24.3 Å². The molecule has 72 valence electrons. The molecule has 0 heterocycles. The van der Waals surface area contributed by atoms with E-state index in [2.05, 4.69) is 21.4 Å². The minimum Gasteiger partial charge on any atom is -0.396 e. The van der Waals surface area contributed by atoms with Crippen LogP contribution in [-0.2, 0) is 0 Å². The van der Waals surface area contributed by atoms with Crippen LogP contribution in [0.25, 0.3) is 0 Å². The maximum atomic E-state index is 9.07. The van der Waals surface area contributed by atoms with Gasteiger partial charge in [0.1, 0.15) is 0 Å². The Morgan fingerprint density at radius 2 is 2.00 bits per heavy atom. The van der Waals surface area contributed by atoms with Crippen molar-refractivity contribution in [2.45, 2.75) is 5.92 Å². The Morgan fingerprint density at radius 1 is 1.38 bits per heavy atom. The van der Waals surface area contributed by atoms with Crippen molar-refractivity contribution in [1.82, 2.24) is 5.43 Å². The highest BCUT2D eigenvalue weighted by Crippen LogP contribution is 2.17. The van der Waals surface area contributed by atoms with Crippen LogP contribution in [0.5, 0.6) is 0 Å². The molecule has 0 saturated carbocycles. The molecule has 1 rings (SSSR count). The number of nitrogens with one attached hydrogen (secondary N) is 1. The van der Waals surface area contributed by atoms with E-state index in [4.69, 9.17) is 10.9 Å². The monoisotopic (exact) mass is 244 g/mol. The van der Waals surface area contributed by atoms with Gasteiger partial charge in [-0.15, -0.1) is 0 Å². The average molecular weight is 245 g/mol. The van der Waals surface area contributed by atoms with Gasteiger partial charge >= 0.3 is 0 Å². The molecule has 13 heavy (non-hydrogen) atoms. The minimum atomic E-state index is 0.0677. The summed E-state index contributed by atoms with van der Waals surface area (Å²) in [4.78, 5) is 0. The lowest BCUT2D eigenvalue weighted by Crippen LogP contribution is -2.29. The Bertz CT molecular complexity index is 250. The summed E-state index contributed by atoms with van der Waals surface area (Å²) >= 11 is 3.35. The second kappa shape index (κ2) is 5.34. The summed E-state index contributed by atoms with van der Waals surface area (Å²) in [6.45, 7) is 0.684. The topological polar surface area (TPSA) is 58.3 Å². The van der Waals surface area contributed by atoms with E-state index in [0.717, 1.165) is 10.0 Å². The largest absolute Gasteiger partial charge is 0.396 e. The number of benzene rings is 1. The van der Waals surface area contributed by atoms with Gasteiger partial charge < -0.3 is 5.11 Å². The molecule has 4 heteroatoms. The van der Waals surface area contributed by atoms with Crippen molar-refractivity contribution in [3.05, 3.63) is 34.3 Å². The van der Waals surface area contributed by atoms with Gasteiger partial charge in [-0.2, -0.15) is 0 Å². The van der Waals surface area contributed by atoms with Crippen molar-refractivity contribution in [2.24, 2.45) is 5.84 Å². The van der Waals surface area contributed by atoms with Crippen molar-refractivity contribution < 1.29 is 5.11 Å². The Balaban J connectivity index is 2.73. The fourth-order valence-corrected chi connectivity index (χ4v) is 1.43. The second-order valence-corrected chi connectivity index (χ2v) is 3.75. The van der Waals surface area contributed by atoms with Crippen LogP contribution in [0.4, 0.5) is 0 Å². The Kier molecular flexibility index (Phi) is 4.38. The van der Waals surface area contributed by atoms with Gasteiger partial charge in [-0.1, -0.05) is 28.1 Å². The zero-order valence-corrected chi connectivity index (χ0v) is 8.79. The first-order chi connectivity index (χ1) is 6.27. The number of nitrogens with two attached hydrogens (primary N) is 1. The highest BCUT2D eigenvalue weighted by Gasteiger charge is 2.08. The summed E-state index contributed by atoms with van der Waals surface area (Å²) < 4.78 is 1.04. The molecule has 0 aliphatic heterocycles. The third-order valence-electron chi connectivity index (χ3n) is 1.93. The Hall–Kier alpha value is -0.420. The molecule has 3 nitrogen and oxygen atoms in total. The van der Waals surface area contributed by atoms with Gasteiger partial charge in [-0.3, -0.25) is 11.3 Å². The quantitative estimate of drug-likeness (QED) is 0.547. The molecule has 0 aromatic heterocycles. The molecule has 1 aromatic carbocycles. The zero-order chi connectivity index (χ0) is 9.68. The van der Waals surface area contributed by atoms with Crippen LogP contribution in [0.3, 0.4) is 0 Å². The van der Waals surface area contributed by atoms with Crippen LogP contribution in [0, 0.1) is 0 Å². The summed E-state index contributed by atoms with van der Waals surface area (Å²) in [6.07, 6.45) is 0. The van der Waals surface area contributed by atoms with Crippen molar-refractivity contribution in [3.8, 4) is 0 Å². The Morgan fingerprint density at radius 3 is 2.46 bits per heavy atom. The molecular formula is C9H13BrN2O. The van der Waals surface area contributed by atoms with E-state index < -0.39 is 0 Å². The van der Waals surface area contributed by atoms with Crippen LogP contribution < -0.4 is 11.3 Å². The van der Waals surface area contributed by atoms with Crippen LogP contribution in [0.15, 0.2) is 28.7 Å². The molecule has 0 aliphatic rings. The van der Waals surface area contributed by atoms with Gasteiger partial charge in [0.05, 0.1) is 6.61 Å². The summed E-state index contributed by atoms with van der Waals surface area (Å²) in [5, 5.41) is 9.07. The molecule has 0 saturated heterocycles. The van der Waals surface area contributed by atoms with Gasteiger partial charge in [-0.25, -0.2) is 0 Å². The van der Waals surface area contributed by atoms with Crippen molar-refractivity contribution >= 4 is 15.9 Å². The molecule has 0 spiro atoms. The second-order valence-electron chi connectivity index (χ2n) is 2.84. The summed E-state index contributed by atoms with van der Waals surface area (Å²) in [5.74, 6) is 5.27. The Labute approximate surface area is 86.0 Å².